The van der Waals surface area contributed by atoms with Crippen LogP contribution in [0.1, 0.15) is 19.8 Å². The molecule has 1 aromatic heterocycles. The molecule has 3 heterocycles. The molecule has 0 saturated carbocycles. The van der Waals surface area contributed by atoms with E-state index in [0.29, 0.717) is 24.3 Å². The predicted octanol–water partition coefficient (Wildman–Crippen LogP) is 1.43. The second-order valence-corrected chi connectivity index (χ2v) is 7.16. The summed E-state index contributed by atoms with van der Waals surface area (Å²) in [7, 11) is 1.87. The third kappa shape index (κ3) is 3.01. The summed E-state index contributed by atoms with van der Waals surface area (Å²) in [5.41, 5.74) is 2.01. The molecular formula is C18H24N6O2. The van der Waals surface area contributed by atoms with Crippen molar-refractivity contribution in [2.45, 2.75) is 25.8 Å². The van der Waals surface area contributed by atoms with E-state index >= 15 is 0 Å². The lowest BCUT2D eigenvalue weighted by Gasteiger charge is -2.31. The van der Waals surface area contributed by atoms with Crippen molar-refractivity contribution >= 4 is 34.3 Å². The Morgan fingerprint density at radius 1 is 1.31 bits per heavy atom. The van der Waals surface area contributed by atoms with Crippen molar-refractivity contribution in [3.63, 3.8) is 0 Å². The number of aryl methyl sites for hydroxylation is 1. The third-order valence-electron chi connectivity index (χ3n) is 5.28. The Bertz CT molecular complexity index is 861. The van der Waals surface area contributed by atoms with Crippen molar-refractivity contribution in [3.05, 3.63) is 18.2 Å². The average molecular weight is 356 g/mol. The molecule has 4 rings (SSSR count). The SMILES string of the molecule is C[C@@H]1CNCC[C@H]1Nc1ccc2c(N3CCC(=O)NC3=O)nn(C)c2c1. The Hall–Kier alpha value is -2.61. The van der Waals surface area contributed by atoms with E-state index < -0.39 is 6.03 Å². The zero-order valence-electron chi connectivity index (χ0n) is 15.1. The maximum Gasteiger partial charge on any atom is 0.329 e. The first-order chi connectivity index (χ1) is 12.5. The Balaban J connectivity index is 1.62. The smallest absolute Gasteiger partial charge is 0.329 e. The Labute approximate surface area is 151 Å². The number of carbonyl (C=O) groups is 2. The van der Waals surface area contributed by atoms with E-state index in [2.05, 4.69) is 34.0 Å². The highest BCUT2D eigenvalue weighted by Crippen LogP contribution is 2.30. The standard InChI is InChI=1S/C18H24N6O2/c1-11-10-19-7-5-14(11)20-12-3-4-13-15(9-12)23(2)22-17(13)24-8-6-16(25)21-18(24)26/h3-4,9,11,14,19-20H,5-8,10H2,1-2H3,(H,21,25,26)/t11-,14-/m1/s1. The van der Waals surface area contributed by atoms with Crippen LogP contribution in [0, 0.1) is 5.92 Å². The highest BCUT2D eigenvalue weighted by atomic mass is 16.2. The summed E-state index contributed by atoms with van der Waals surface area (Å²) in [6.07, 6.45) is 1.38. The van der Waals surface area contributed by atoms with Gasteiger partial charge in [-0.25, -0.2) is 4.79 Å². The number of imide groups is 1. The number of nitrogens with zero attached hydrogens (tertiary/aromatic N) is 3. The van der Waals surface area contributed by atoms with Gasteiger partial charge in [-0.1, -0.05) is 6.92 Å². The van der Waals surface area contributed by atoms with E-state index in [1.54, 1.807) is 4.68 Å². The van der Waals surface area contributed by atoms with E-state index in [9.17, 15) is 9.59 Å². The number of amides is 3. The molecule has 2 atom stereocenters. The number of benzene rings is 1. The zero-order chi connectivity index (χ0) is 18.3. The van der Waals surface area contributed by atoms with Crippen LogP contribution in [0.25, 0.3) is 10.9 Å². The molecule has 0 unspecified atom stereocenters. The second kappa shape index (κ2) is 6.60. The molecule has 2 aliphatic heterocycles. The van der Waals surface area contributed by atoms with Gasteiger partial charge in [0.2, 0.25) is 5.91 Å². The summed E-state index contributed by atoms with van der Waals surface area (Å²) < 4.78 is 1.78. The summed E-state index contributed by atoms with van der Waals surface area (Å²) in [5.74, 6) is 0.916. The van der Waals surface area contributed by atoms with Crippen LogP contribution in [0.2, 0.25) is 0 Å². The molecule has 3 amide bonds. The number of aromatic nitrogens is 2. The van der Waals surface area contributed by atoms with Crippen molar-refractivity contribution in [1.29, 1.82) is 0 Å². The van der Waals surface area contributed by atoms with Crippen LogP contribution in [0.5, 0.6) is 0 Å². The number of fused-ring (bicyclic) bond motifs is 1. The van der Waals surface area contributed by atoms with Gasteiger partial charge < -0.3 is 10.6 Å². The summed E-state index contributed by atoms with van der Waals surface area (Å²) in [6, 6.07) is 6.14. The van der Waals surface area contributed by atoms with Crippen LogP contribution in [-0.2, 0) is 11.8 Å². The van der Waals surface area contributed by atoms with Gasteiger partial charge in [0.15, 0.2) is 5.82 Å². The summed E-state index contributed by atoms with van der Waals surface area (Å²) in [6.45, 7) is 4.66. The summed E-state index contributed by atoms with van der Waals surface area (Å²) in [4.78, 5) is 25.1. The Morgan fingerprint density at radius 2 is 2.15 bits per heavy atom. The first-order valence-corrected chi connectivity index (χ1v) is 9.08. The van der Waals surface area contributed by atoms with Crippen molar-refractivity contribution in [1.82, 2.24) is 20.4 Å². The molecule has 138 valence electrons. The Kier molecular flexibility index (Phi) is 4.28. The van der Waals surface area contributed by atoms with Gasteiger partial charge in [0.25, 0.3) is 0 Å². The van der Waals surface area contributed by atoms with Crippen LogP contribution < -0.4 is 20.9 Å². The van der Waals surface area contributed by atoms with E-state index in [1.165, 1.54) is 4.90 Å². The first kappa shape index (κ1) is 16.8. The largest absolute Gasteiger partial charge is 0.382 e. The molecule has 26 heavy (non-hydrogen) atoms. The van der Waals surface area contributed by atoms with Crippen molar-refractivity contribution in [2.24, 2.45) is 13.0 Å². The molecule has 0 aliphatic carbocycles. The van der Waals surface area contributed by atoms with Gasteiger partial charge in [0, 0.05) is 37.1 Å². The number of rotatable bonds is 3. The lowest BCUT2D eigenvalue weighted by atomic mass is 9.95. The van der Waals surface area contributed by atoms with Crippen molar-refractivity contribution in [2.75, 3.05) is 29.9 Å². The topological polar surface area (TPSA) is 91.3 Å². The van der Waals surface area contributed by atoms with E-state index in [4.69, 9.17) is 0 Å². The fourth-order valence-electron chi connectivity index (χ4n) is 3.74. The van der Waals surface area contributed by atoms with Gasteiger partial charge in [-0.05, 0) is 43.6 Å². The minimum atomic E-state index is -0.410. The number of hydrogen-bond donors (Lipinski definition) is 3. The molecule has 8 nitrogen and oxygen atoms in total. The van der Waals surface area contributed by atoms with Crippen molar-refractivity contribution < 1.29 is 9.59 Å². The van der Waals surface area contributed by atoms with Crippen LogP contribution in [-0.4, -0.2) is 47.4 Å². The number of hydrogen-bond acceptors (Lipinski definition) is 5. The lowest BCUT2D eigenvalue weighted by molar-refractivity contribution is -0.120. The van der Waals surface area contributed by atoms with E-state index in [1.807, 2.05) is 19.2 Å². The maximum atomic E-state index is 12.2. The molecule has 2 aromatic rings. The molecule has 1 aromatic carbocycles. The average Bonchev–Trinajstić information content (AvgIpc) is 2.93. The number of anilines is 2. The fraction of sp³-hybridized carbons (Fsp3) is 0.500. The normalized spacial score (nSPS) is 24.0. The number of nitrogens with one attached hydrogen (secondary N) is 3. The predicted molar refractivity (Wildman–Crippen MR) is 100 cm³/mol. The highest BCUT2D eigenvalue weighted by Gasteiger charge is 2.28. The molecule has 8 heteroatoms. The molecule has 0 spiro atoms. The van der Waals surface area contributed by atoms with E-state index in [-0.39, 0.29) is 12.3 Å². The minimum absolute atomic E-state index is 0.242. The van der Waals surface area contributed by atoms with Crippen LogP contribution in [0.15, 0.2) is 18.2 Å². The van der Waals surface area contributed by atoms with Gasteiger partial charge >= 0.3 is 6.03 Å². The van der Waals surface area contributed by atoms with Gasteiger partial charge in [-0.2, -0.15) is 5.10 Å². The quantitative estimate of drug-likeness (QED) is 0.774. The fourth-order valence-corrected chi connectivity index (χ4v) is 3.74. The molecular weight excluding hydrogens is 332 g/mol. The molecule has 0 radical (unpaired) electrons. The number of urea groups is 1. The van der Waals surface area contributed by atoms with Gasteiger partial charge in [0.1, 0.15) is 0 Å². The number of carbonyl (C=O) groups excluding carboxylic acids is 2. The monoisotopic (exact) mass is 356 g/mol. The second-order valence-electron chi connectivity index (χ2n) is 7.16. The van der Waals surface area contributed by atoms with Crippen LogP contribution >= 0.6 is 0 Å². The molecule has 3 N–H and O–H groups in total. The van der Waals surface area contributed by atoms with Gasteiger partial charge in [0.05, 0.1) is 5.52 Å². The summed E-state index contributed by atoms with van der Waals surface area (Å²) in [5, 5.41) is 14.8. The van der Waals surface area contributed by atoms with Crippen molar-refractivity contribution in [3.8, 4) is 0 Å². The summed E-state index contributed by atoms with van der Waals surface area (Å²) >= 11 is 0. The highest BCUT2D eigenvalue weighted by molar-refractivity contribution is 6.09. The lowest BCUT2D eigenvalue weighted by Crippen LogP contribution is -2.49. The van der Waals surface area contributed by atoms with Gasteiger partial charge in [-0.3, -0.25) is 19.7 Å². The number of piperidine rings is 1. The molecule has 0 bridgehead atoms. The zero-order valence-corrected chi connectivity index (χ0v) is 15.1. The molecule has 2 fully saturated rings. The first-order valence-electron chi connectivity index (χ1n) is 9.08. The van der Waals surface area contributed by atoms with Gasteiger partial charge in [-0.15, -0.1) is 0 Å². The molecule has 2 aliphatic rings. The molecule has 2 saturated heterocycles. The van der Waals surface area contributed by atoms with Crippen LogP contribution in [0.3, 0.4) is 0 Å². The van der Waals surface area contributed by atoms with Crippen LogP contribution in [0.4, 0.5) is 16.3 Å². The third-order valence-corrected chi connectivity index (χ3v) is 5.28. The van der Waals surface area contributed by atoms with E-state index in [0.717, 1.165) is 36.1 Å². The maximum absolute atomic E-state index is 12.2. The minimum Gasteiger partial charge on any atom is -0.382 e. The Morgan fingerprint density at radius 3 is 2.92 bits per heavy atom.